The van der Waals surface area contributed by atoms with Gasteiger partial charge in [-0.3, -0.25) is 9.36 Å². The Morgan fingerprint density at radius 3 is 2.69 bits per heavy atom. The third-order valence-corrected chi connectivity index (χ3v) is 7.90. The molecule has 192 valence electrons. The van der Waals surface area contributed by atoms with E-state index in [2.05, 4.69) is 22.1 Å². The van der Waals surface area contributed by atoms with E-state index in [9.17, 15) is 4.79 Å². The largest absolute Gasteiger partial charge is 0.381 e. The Morgan fingerprint density at radius 2 is 1.97 bits per heavy atom. The van der Waals surface area contributed by atoms with Crippen molar-refractivity contribution in [3.63, 3.8) is 0 Å². The van der Waals surface area contributed by atoms with Crippen LogP contribution >= 0.6 is 11.6 Å². The van der Waals surface area contributed by atoms with Crippen LogP contribution < -0.4 is 10.6 Å². The molecule has 36 heavy (non-hydrogen) atoms. The molecule has 2 N–H and O–H groups in total. The van der Waals surface area contributed by atoms with Gasteiger partial charge in [0.1, 0.15) is 11.3 Å². The molecule has 2 fully saturated rings. The first-order valence-electron chi connectivity index (χ1n) is 13.0. The molecule has 1 saturated carbocycles. The van der Waals surface area contributed by atoms with E-state index in [0.717, 1.165) is 93.3 Å². The van der Waals surface area contributed by atoms with Gasteiger partial charge in [0, 0.05) is 49.9 Å². The van der Waals surface area contributed by atoms with E-state index in [0.29, 0.717) is 10.9 Å². The van der Waals surface area contributed by atoms with Crippen LogP contribution in [-0.2, 0) is 16.0 Å². The standard InChI is InChI=1S/C27H35ClN6O2/c1-18(35)29-16-19-6-8-22(9-7-19)34-25-23(32-26(34)31-21-5-3-4-20(28)14-21)17-30-24(33-25)15-27(2)10-12-36-13-11-27/h3-5,14,17,19,22H,6-13,15-16H2,1-2H3,(H,29,35)(H,31,32). The Morgan fingerprint density at radius 1 is 1.19 bits per heavy atom. The van der Waals surface area contributed by atoms with E-state index < -0.39 is 0 Å². The van der Waals surface area contributed by atoms with Crippen molar-refractivity contribution >= 4 is 40.3 Å². The van der Waals surface area contributed by atoms with E-state index in [1.807, 2.05) is 30.5 Å². The third kappa shape index (κ3) is 5.81. The van der Waals surface area contributed by atoms with Crippen LogP contribution in [0.1, 0.15) is 64.2 Å². The minimum absolute atomic E-state index is 0.0354. The lowest BCUT2D eigenvalue weighted by molar-refractivity contribution is -0.119. The van der Waals surface area contributed by atoms with Gasteiger partial charge in [0.25, 0.3) is 0 Å². The predicted octanol–water partition coefficient (Wildman–Crippen LogP) is 5.45. The molecule has 1 aromatic carbocycles. The van der Waals surface area contributed by atoms with Crippen molar-refractivity contribution in [1.29, 1.82) is 0 Å². The number of amides is 1. The number of anilines is 2. The molecule has 0 spiro atoms. The molecule has 1 saturated heterocycles. The van der Waals surface area contributed by atoms with Crippen LogP contribution in [0.25, 0.3) is 11.2 Å². The number of nitrogens with one attached hydrogen (secondary N) is 2. The zero-order valence-electron chi connectivity index (χ0n) is 21.1. The summed E-state index contributed by atoms with van der Waals surface area (Å²) in [4.78, 5) is 26.0. The van der Waals surface area contributed by atoms with Gasteiger partial charge in [-0.15, -0.1) is 0 Å². The van der Waals surface area contributed by atoms with Crippen LogP contribution in [0.2, 0.25) is 5.02 Å². The zero-order valence-corrected chi connectivity index (χ0v) is 21.9. The number of ether oxygens (including phenoxy) is 1. The number of halogens is 1. The minimum Gasteiger partial charge on any atom is -0.381 e. The second-order valence-corrected chi connectivity index (χ2v) is 11.1. The Bertz CT molecular complexity index is 1210. The van der Waals surface area contributed by atoms with E-state index >= 15 is 0 Å². The van der Waals surface area contributed by atoms with Gasteiger partial charge < -0.3 is 15.4 Å². The molecule has 3 heterocycles. The van der Waals surface area contributed by atoms with Crippen molar-refractivity contribution in [3.05, 3.63) is 41.3 Å². The van der Waals surface area contributed by atoms with Crippen molar-refractivity contribution in [2.24, 2.45) is 11.3 Å². The fraction of sp³-hybridized carbons (Fsp3) is 0.556. The van der Waals surface area contributed by atoms with E-state index in [4.69, 9.17) is 31.3 Å². The molecule has 0 atom stereocenters. The van der Waals surface area contributed by atoms with Gasteiger partial charge in [0.05, 0.1) is 6.20 Å². The molecular weight excluding hydrogens is 476 g/mol. The van der Waals surface area contributed by atoms with Crippen LogP contribution in [0.5, 0.6) is 0 Å². The zero-order chi connectivity index (χ0) is 25.1. The molecule has 1 amide bonds. The summed E-state index contributed by atoms with van der Waals surface area (Å²) >= 11 is 6.24. The van der Waals surface area contributed by atoms with E-state index in [-0.39, 0.29) is 17.4 Å². The van der Waals surface area contributed by atoms with Crippen molar-refractivity contribution in [2.45, 2.75) is 64.8 Å². The molecule has 2 aliphatic rings. The molecule has 0 bridgehead atoms. The maximum absolute atomic E-state index is 11.4. The normalized spacial score (nSPS) is 21.9. The topological polar surface area (TPSA) is 94.0 Å². The van der Waals surface area contributed by atoms with E-state index in [1.165, 1.54) is 0 Å². The number of hydrogen-bond acceptors (Lipinski definition) is 6. The number of fused-ring (bicyclic) bond motifs is 1. The number of nitrogens with zero attached hydrogens (tertiary/aromatic N) is 4. The number of carbonyl (C=O) groups excluding carboxylic acids is 1. The summed E-state index contributed by atoms with van der Waals surface area (Å²) in [6.07, 6.45) is 8.86. The minimum atomic E-state index is 0.0354. The Labute approximate surface area is 217 Å². The van der Waals surface area contributed by atoms with Gasteiger partial charge in [0.15, 0.2) is 5.65 Å². The van der Waals surface area contributed by atoms with Crippen molar-refractivity contribution < 1.29 is 9.53 Å². The Hall–Kier alpha value is -2.71. The summed E-state index contributed by atoms with van der Waals surface area (Å²) in [5.74, 6) is 2.17. The molecule has 9 heteroatoms. The highest BCUT2D eigenvalue weighted by molar-refractivity contribution is 6.30. The number of aromatic nitrogens is 4. The van der Waals surface area contributed by atoms with Crippen molar-refractivity contribution in [1.82, 2.24) is 24.8 Å². The van der Waals surface area contributed by atoms with Crippen LogP contribution in [0, 0.1) is 11.3 Å². The molecule has 8 nitrogen and oxygen atoms in total. The van der Waals surface area contributed by atoms with Gasteiger partial charge in [-0.1, -0.05) is 24.6 Å². The summed E-state index contributed by atoms with van der Waals surface area (Å²) < 4.78 is 7.85. The highest BCUT2D eigenvalue weighted by Gasteiger charge is 2.30. The van der Waals surface area contributed by atoms with Gasteiger partial charge in [-0.25, -0.2) is 15.0 Å². The summed E-state index contributed by atoms with van der Waals surface area (Å²) in [6, 6.07) is 7.95. The quantitative estimate of drug-likeness (QED) is 0.439. The fourth-order valence-electron chi connectivity index (χ4n) is 5.46. The molecule has 1 aliphatic carbocycles. The number of benzene rings is 1. The maximum atomic E-state index is 11.4. The van der Waals surface area contributed by atoms with E-state index in [1.54, 1.807) is 6.92 Å². The smallest absolute Gasteiger partial charge is 0.216 e. The fourth-order valence-corrected chi connectivity index (χ4v) is 5.65. The second-order valence-electron chi connectivity index (χ2n) is 10.6. The highest BCUT2D eigenvalue weighted by atomic mass is 35.5. The first-order chi connectivity index (χ1) is 17.4. The van der Waals surface area contributed by atoms with Crippen LogP contribution in [0.15, 0.2) is 30.5 Å². The monoisotopic (exact) mass is 510 g/mol. The molecular formula is C27H35ClN6O2. The predicted molar refractivity (Wildman–Crippen MR) is 142 cm³/mol. The molecule has 1 aliphatic heterocycles. The average molecular weight is 511 g/mol. The number of hydrogen-bond donors (Lipinski definition) is 2. The van der Waals surface area contributed by atoms with Gasteiger partial charge in [0.2, 0.25) is 11.9 Å². The molecule has 2 aromatic heterocycles. The van der Waals surface area contributed by atoms with Crippen molar-refractivity contribution in [2.75, 3.05) is 25.1 Å². The Kier molecular flexibility index (Phi) is 7.44. The van der Waals surface area contributed by atoms with Crippen molar-refractivity contribution in [3.8, 4) is 0 Å². The SMILES string of the molecule is CC(=O)NCC1CCC(n2c(Nc3cccc(Cl)c3)nc3cnc(CC4(C)CCOCC4)nc32)CC1. The third-order valence-electron chi connectivity index (χ3n) is 7.67. The van der Waals surface area contributed by atoms with Gasteiger partial charge >= 0.3 is 0 Å². The maximum Gasteiger partial charge on any atom is 0.216 e. The lowest BCUT2D eigenvalue weighted by Crippen LogP contribution is -2.30. The van der Waals surface area contributed by atoms with Crippen LogP contribution in [-0.4, -0.2) is 45.2 Å². The molecule has 3 aromatic rings. The number of rotatable bonds is 7. The van der Waals surface area contributed by atoms with Gasteiger partial charge in [-0.05, 0) is 68.1 Å². The molecule has 0 radical (unpaired) electrons. The van der Waals surface area contributed by atoms with Crippen LogP contribution in [0.4, 0.5) is 11.6 Å². The number of imidazole rings is 1. The lowest BCUT2D eigenvalue weighted by Gasteiger charge is -2.33. The molecule has 0 unspecified atom stereocenters. The first kappa shape index (κ1) is 25.0. The number of carbonyl (C=O) groups is 1. The van der Waals surface area contributed by atoms with Gasteiger partial charge in [-0.2, -0.15) is 0 Å². The summed E-state index contributed by atoms with van der Waals surface area (Å²) in [7, 11) is 0. The average Bonchev–Trinajstić information content (AvgIpc) is 3.20. The lowest BCUT2D eigenvalue weighted by atomic mass is 9.79. The van der Waals surface area contributed by atoms with Crippen LogP contribution in [0.3, 0.4) is 0 Å². The summed E-state index contributed by atoms with van der Waals surface area (Å²) in [5, 5.41) is 7.14. The summed E-state index contributed by atoms with van der Waals surface area (Å²) in [6.45, 7) is 6.23. The molecule has 5 rings (SSSR count). The summed E-state index contributed by atoms with van der Waals surface area (Å²) in [5.41, 5.74) is 2.72. The highest BCUT2D eigenvalue weighted by Crippen LogP contribution is 2.38. The second kappa shape index (κ2) is 10.7. The Balaban J connectivity index is 1.45. The first-order valence-corrected chi connectivity index (χ1v) is 13.3.